The van der Waals surface area contributed by atoms with E-state index < -0.39 is 0 Å². The minimum atomic E-state index is 0.465. The van der Waals surface area contributed by atoms with Gasteiger partial charge in [0.1, 0.15) is 0 Å². The highest BCUT2D eigenvalue weighted by Gasteiger charge is 2.11. The van der Waals surface area contributed by atoms with Crippen LogP contribution in [-0.2, 0) is 6.54 Å². The Hall–Kier alpha value is -2.02. The molecular formula is C9H9N5OS. The number of nitrogens with zero attached hydrogens (tertiary/aromatic N) is 4. The maximum atomic E-state index is 11.1. The molecule has 82 valence electrons. The van der Waals surface area contributed by atoms with Crippen LogP contribution in [0.5, 0.6) is 0 Å². The van der Waals surface area contributed by atoms with Crippen molar-refractivity contribution in [3.63, 3.8) is 0 Å². The van der Waals surface area contributed by atoms with E-state index in [1.165, 1.54) is 18.6 Å². The lowest BCUT2D eigenvalue weighted by Crippen LogP contribution is -2.25. The molecule has 0 unspecified atom stereocenters. The molecule has 1 N–H and O–H groups in total. The lowest BCUT2D eigenvalue weighted by molar-refractivity contribution is -0.605. The predicted octanol–water partition coefficient (Wildman–Crippen LogP) is 0.822. The fourth-order valence-corrected chi connectivity index (χ4v) is 1.51. The van der Waals surface area contributed by atoms with E-state index in [1.807, 2.05) is 0 Å². The van der Waals surface area contributed by atoms with Gasteiger partial charge in [0.25, 0.3) is 0 Å². The van der Waals surface area contributed by atoms with Crippen LogP contribution in [0.15, 0.2) is 31.2 Å². The SMILES string of the molecule is C=CCn1c(-c2c[n+]([O-])ccn2)n[nH]c1=S. The molecule has 2 aromatic heterocycles. The summed E-state index contributed by atoms with van der Waals surface area (Å²) in [5, 5.41) is 17.8. The zero-order valence-corrected chi connectivity index (χ0v) is 9.15. The van der Waals surface area contributed by atoms with Gasteiger partial charge in [-0.05, 0) is 12.2 Å². The van der Waals surface area contributed by atoms with E-state index in [2.05, 4.69) is 21.8 Å². The number of hydrogen-bond donors (Lipinski definition) is 1. The Kier molecular flexibility index (Phi) is 2.78. The minimum absolute atomic E-state index is 0.465. The largest absolute Gasteiger partial charge is 0.619 e. The van der Waals surface area contributed by atoms with Gasteiger partial charge < -0.3 is 5.21 Å². The molecule has 0 atom stereocenters. The second-order valence-electron chi connectivity index (χ2n) is 3.05. The summed E-state index contributed by atoms with van der Waals surface area (Å²) in [5.41, 5.74) is 0.465. The maximum absolute atomic E-state index is 11.1. The molecule has 0 aliphatic rings. The average molecular weight is 235 g/mol. The van der Waals surface area contributed by atoms with Crippen LogP contribution in [0.1, 0.15) is 0 Å². The van der Waals surface area contributed by atoms with E-state index in [-0.39, 0.29) is 0 Å². The van der Waals surface area contributed by atoms with E-state index in [1.54, 1.807) is 10.6 Å². The Morgan fingerprint density at radius 1 is 1.69 bits per heavy atom. The van der Waals surface area contributed by atoms with Crippen LogP contribution in [-0.4, -0.2) is 19.7 Å². The topological polar surface area (TPSA) is 73.4 Å². The van der Waals surface area contributed by atoms with Gasteiger partial charge in [-0.15, -0.1) is 6.58 Å². The lowest BCUT2D eigenvalue weighted by Gasteiger charge is -2.02. The third-order valence-corrected chi connectivity index (χ3v) is 2.29. The standard InChI is InChI=1S/C9H9N5OS/c1-2-4-14-8(11-12-9(14)16)7-6-13(15)5-3-10-7/h2-3,5-6H,1,4H2,(H,12,16). The highest BCUT2D eigenvalue weighted by Crippen LogP contribution is 2.11. The molecule has 16 heavy (non-hydrogen) atoms. The van der Waals surface area contributed by atoms with Gasteiger partial charge in [-0.2, -0.15) is 9.83 Å². The molecule has 0 fully saturated rings. The van der Waals surface area contributed by atoms with Crippen LogP contribution < -0.4 is 4.73 Å². The first-order chi connectivity index (χ1) is 7.72. The van der Waals surface area contributed by atoms with Gasteiger partial charge >= 0.3 is 0 Å². The van der Waals surface area contributed by atoms with Crippen molar-refractivity contribution in [2.75, 3.05) is 0 Å². The van der Waals surface area contributed by atoms with Crippen molar-refractivity contribution < 1.29 is 4.73 Å². The fourth-order valence-electron chi connectivity index (χ4n) is 1.30. The van der Waals surface area contributed by atoms with Crippen molar-refractivity contribution in [2.45, 2.75) is 6.54 Å². The second-order valence-corrected chi connectivity index (χ2v) is 3.44. The lowest BCUT2D eigenvalue weighted by atomic mass is 10.4. The van der Waals surface area contributed by atoms with E-state index in [0.29, 0.717) is 27.6 Å². The Morgan fingerprint density at radius 3 is 3.19 bits per heavy atom. The summed E-state index contributed by atoms with van der Waals surface area (Å²) in [7, 11) is 0. The van der Waals surface area contributed by atoms with Crippen molar-refractivity contribution in [1.29, 1.82) is 0 Å². The summed E-state index contributed by atoms with van der Waals surface area (Å²) in [6.45, 7) is 4.15. The van der Waals surface area contributed by atoms with E-state index >= 15 is 0 Å². The number of H-pyrrole nitrogens is 1. The maximum Gasteiger partial charge on any atom is 0.210 e. The molecule has 2 rings (SSSR count). The summed E-state index contributed by atoms with van der Waals surface area (Å²) in [5.74, 6) is 0.523. The van der Waals surface area contributed by atoms with Crippen molar-refractivity contribution >= 4 is 12.2 Å². The Morgan fingerprint density at radius 2 is 2.50 bits per heavy atom. The molecule has 7 heteroatoms. The summed E-state index contributed by atoms with van der Waals surface area (Å²) in [6.07, 6.45) is 5.76. The van der Waals surface area contributed by atoms with Gasteiger partial charge in [0.15, 0.2) is 22.5 Å². The van der Waals surface area contributed by atoms with Gasteiger partial charge in [-0.3, -0.25) is 9.67 Å². The fraction of sp³-hybridized carbons (Fsp3) is 0.111. The molecule has 0 bridgehead atoms. The normalized spacial score (nSPS) is 10.2. The zero-order valence-electron chi connectivity index (χ0n) is 8.33. The molecule has 2 aromatic rings. The van der Waals surface area contributed by atoms with Crippen molar-refractivity contribution in [3.05, 3.63) is 41.2 Å². The predicted molar refractivity (Wildman–Crippen MR) is 59.8 cm³/mol. The third kappa shape index (κ3) is 1.84. The summed E-state index contributed by atoms with van der Waals surface area (Å²) in [4.78, 5) is 4.06. The Balaban J connectivity index is 2.55. The van der Waals surface area contributed by atoms with E-state index in [9.17, 15) is 5.21 Å². The smallest absolute Gasteiger partial charge is 0.210 e. The molecule has 0 spiro atoms. The first-order valence-corrected chi connectivity index (χ1v) is 4.94. The molecular weight excluding hydrogens is 226 g/mol. The van der Waals surface area contributed by atoms with Crippen LogP contribution >= 0.6 is 12.2 Å². The number of aromatic nitrogens is 5. The average Bonchev–Trinajstić information content (AvgIpc) is 2.61. The molecule has 0 aliphatic carbocycles. The number of rotatable bonds is 3. The zero-order chi connectivity index (χ0) is 11.5. The van der Waals surface area contributed by atoms with Gasteiger partial charge in [0, 0.05) is 6.54 Å². The molecule has 0 saturated carbocycles. The third-order valence-electron chi connectivity index (χ3n) is 1.98. The molecule has 0 radical (unpaired) electrons. The van der Waals surface area contributed by atoms with E-state index in [4.69, 9.17) is 12.2 Å². The van der Waals surface area contributed by atoms with Gasteiger partial charge in [0.2, 0.25) is 6.20 Å². The van der Waals surface area contributed by atoms with E-state index in [0.717, 1.165) is 0 Å². The number of allylic oxidation sites excluding steroid dienone is 1. The van der Waals surface area contributed by atoms with Crippen molar-refractivity contribution in [3.8, 4) is 11.5 Å². The van der Waals surface area contributed by atoms with Crippen molar-refractivity contribution in [2.24, 2.45) is 0 Å². The summed E-state index contributed by atoms with van der Waals surface area (Å²) < 4.78 is 2.85. The highest BCUT2D eigenvalue weighted by atomic mass is 32.1. The van der Waals surface area contributed by atoms with Gasteiger partial charge in [0.05, 0.1) is 6.20 Å². The first-order valence-electron chi connectivity index (χ1n) is 4.53. The molecule has 0 amide bonds. The molecule has 0 aliphatic heterocycles. The Labute approximate surface area is 96.5 Å². The van der Waals surface area contributed by atoms with Crippen LogP contribution in [0.3, 0.4) is 0 Å². The van der Waals surface area contributed by atoms with Crippen molar-refractivity contribution in [1.82, 2.24) is 19.7 Å². The number of aromatic amines is 1. The quantitative estimate of drug-likeness (QED) is 0.370. The second kappa shape index (κ2) is 4.23. The summed E-state index contributed by atoms with van der Waals surface area (Å²) in [6, 6.07) is 0. The van der Waals surface area contributed by atoms with Crippen LogP contribution in [0.4, 0.5) is 0 Å². The van der Waals surface area contributed by atoms with Crippen LogP contribution in [0.2, 0.25) is 0 Å². The van der Waals surface area contributed by atoms with Gasteiger partial charge in [-0.1, -0.05) is 6.08 Å². The van der Waals surface area contributed by atoms with Crippen LogP contribution in [0, 0.1) is 9.98 Å². The van der Waals surface area contributed by atoms with Gasteiger partial charge in [-0.25, -0.2) is 4.98 Å². The molecule has 0 aromatic carbocycles. The minimum Gasteiger partial charge on any atom is -0.619 e. The Bertz CT molecular complexity index is 573. The number of hydrogen-bond acceptors (Lipinski definition) is 4. The monoisotopic (exact) mass is 235 g/mol. The summed E-state index contributed by atoms with van der Waals surface area (Å²) >= 11 is 5.06. The molecule has 6 nitrogen and oxygen atoms in total. The van der Waals surface area contributed by atoms with Crippen LogP contribution in [0.25, 0.3) is 11.5 Å². The first kappa shape index (κ1) is 10.5. The number of nitrogens with one attached hydrogen (secondary N) is 1. The molecule has 0 saturated heterocycles. The highest BCUT2D eigenvalue weighted by molar-refractivity contribution is 7.71. The molecule has 2 heterocycles.